The molecule has 116 valence electrons. The molecule has 1 aliphatic carbocycles. The summed E-state index contributed by atoms with van der Waals surface area (Å²) in [6.45, 7) is 2.43. The number of para-hydroxylation sites is 1. The molecule has 1 aromatic rings. The number of benzene rings is 1. The van der Waals surface area contributed by atoms with Crippen LogP contribution >= 0.6 is 0 Å². The molecule has 4 heteroatoms. The van der Waals surface area contributed by atoms with Crippen molar-refractivity contribution in [2.24, 2.45) is 0 Å². The second-order valence-electron chi connectivity index (χ2n) is 5.88. The molecule has 1 saturated carbocycles. The molecule has 3 rings (SSSR count). The average Bonchev–Trinajstić information content (AvgIpc) is 3.20. The van der Waals surface area contributed by atoms with Gasteiger partial charge in [0.2, 0.25) is 0 Å². The molecule has 2 fully saturated rings. The molecular weight excluding hydrogens is 266 g/mol. The van der Waals surface area contributed by atoms with Gasteiger partial charge in [-0.25, -0.2) is 0 Å². The Bertz CT molecular complexity index is 453. The average molecular weight is 291 g/mol. The fourth-order valence-electron chi connectivity index (χ4n) is 2.73. The Morgan fingerprint density at radius 1 is 1.29 bits per heavy atom. The van der Waals surface area contributed by atoms with E-state index in [1.807, 2.05) is 12.1 Å². The molecule has 0 radical (unpaired) electrons. The monoisotopic (exact) mass is 291 g/mol. The van der Waals surface area contributed by atoms with Gasteiger partial charge in [-0.3, -0.25) is 0 Å². The van der Waals surface area contributed by atoms with Gasteiger partial charge < -0.3 is 19.5 Å². The third-order valence-corrected chi connectivity index (χ3v) is 4.15. The van der Waals surface area contributed by atoms with Gasteiger partial charge >= 0.3 is 0 Å². The minimum atomic E-state index is 0.368. The zero-order chi connectivity index (χ0) is 14.5. The third kappa shape index (κ3) is 4.11. The molecular formula is C17H25NO3. The highest BCUT2D eigenvalue weighted by Crippen LogP contribution is 2.32. The van der Waals surface area contributed by atoms with Crippen molar-refractivity contribution in [2.45, 2.75) is 50.8 Å². The Kier molecular flexibility index (Phi) is 4.99. The highest BCUT2D eigenvalue weighted by atomic mass is 16.5. The molecule has 1 N–H and O–H groups in total. The summed E-state index contributed by atoms with van der Waals surface area (Å²) in [5.41, 5.74) is 1.17. The molecule has 0 bridgehead atoms. The van der Waals surface area contributed by atoms with Crippen LogP contribution in [0.4, 0.5) is 0 Å². The summed E-state index contributed by atoms with van der Waals surface area (Å²) in [6.07, 6.45) is 6.24. The van der Waals surface area contributed by atoms with Gasteiger partial charge in [0.15, 0.2) is 11.5 Å². The summed E-state index contributed by atoms with van der Waals surface area (Å²) < 4.78 is 17.1. The van der Waals surface area contributed by atoms with E-state index in [1.54, 1.807) is 7.11 Å². The van der Waals surface area contributed by atoms with Crippen molar-refractivity contribution in [3.8, 4) is 11.5 Å². The van der Waals surface area contributed by atoms with Crippen molar-refractivity contribution < 1.29 is 14.2 Å². The van der Waals surface area contributed by atoms with Gasteiger partial charge in [0.25, 0.3) is 0 Å². The minimum absolute atomic E-state index is 0.368. The minimum Gasteiger partial charge on any atom is -0.493 e. The van der Waals surface area contributed by atoms with Crippen LogP contribution in [0.3, 0.4) is 0 Å². The van der Waals surface area contributed by atoms with Crippen molar-refractivity contribution in [1.82, 2.24) is 5.32 Å². The Labute approximate surface area is 126 Å². The zero-order valence-electron chi connectivity index (χ0n) is 12.8. The van der Waals surface area contributed by atoms with Crippen LogP contribution in [0.2, 0.25) is 0 Å². The first-order valence-electron chi connectivity index (χ1n) is 8.00. The van der Waals surface area contributed by atoms with Gasteiger partial charge in [-0.2, -0.15) is 0 Å². The van der Waals surface area contributed by atoms with Crippen molar-refractivity contribution in [3.63, 3.8) is 0 Å². The SMILES string of the molecule is COc1cccc(CNC2CC2)c1OCCC1CCCO1. The van der Waals surface area contributed by atoms with E-state index in [1.165, 1.54) is 24.8 Å². The summed E-state index contributed by atoms with van der Waals surface area (Å²) in [5, 5.41) is 3.54. The van der Waals surface area contributed by atoms with Crippen LogP contribution in [0, 0.1) is 0 Å². The van der Waals surface area contributed by atoms with E-state index in [9.17, 15) is 0 Å². The van der Waals surface area contributed by atoms with Gasteiger partial charge in [-0.1, -0.05) is 12.1 Å². The van der Waals surface area contributed by atoms with Crippen LogP contribution in [0.5, 0.6) is 11.5 Å². The number of rotatable bonds is 8. The van der Waals surface area contributed by atoms with E-state index in [-0.39, 0.29) is 0 Å². The zero-order valence-corrected chi connectivity index (χ0v) is 12.8. The number of methoxy groups -OCH3 is 1. The number of nitrogens with one attached hydrogen (secondary N) is 1. The fourth-order valence-corrected chi connectivity index (χ4v) is 2.73. The van der Waals surface area contributed by atoms with Gasteiger partial charge in [-0.15, -0.1) is 0 Å². The third-order valence-electron chi connectivity index (χ3n) is 4.15. The summed E-state index contributed by atoms with van der Waals surface area (Å²) >= 11 is 0. The predicted octanol–water partition coefficient (Wildman–Crippen LogP) is 2.90. The quantitative estimate of drug-likeness (QED) is 0.799. The molecule has 1 heterocycles. The largest absolute Gasteiger partial charge is 0.493 e. The summed E-state index contributed by atoms with van der Waals surface area (Å²) in [6, 6.07) is 6.78. The van der Waals surface area contributed by atoms with Crippen LogP contribution in [-0.4, -0.2) is 32.5 Å². The van der Waals surface area contributed by atoms with Crippen molar-refractivity contribution >= 4 is 0 Å². The van der Waals surface area contributed by atoms with Crippen molar-refractivity contribution in [3.05, 3.63) is 23.8 Å². The lowest BCUT2D eigenvalue weighted by Crippen LogP contribution is -2.17. The maximum absolute atomic E-state index is 6.03. The van der Waals surface area contributed by atoms with Crippen LogP contribution in [0.25, 0.3) is 0 Å². The molecule has 0 spiro atoms. The molecule has 1 atom stereocenters. The first-order valence-corrected chi connectivity index (χ1v) is 8.00. The Morgan fingerprint density at radius 2 is 2.19 bits per heavy atom. The number of ether oxygens (including phenoxy) is 3. The van der Waals surface area contributed by atoms with Gasteiger partial charge in [-0.05, 0) is 31.7 Å². The summed E-state index contributed by atoms with van der Waals surface area (Å²) in [7, 11) is 1.69. The number of hydrogen-bond donors (Lipinski definition) is 1. The van der Waals surface area contributed by atoms with Crippen LogP contribution in [-0.2, 0) is 11.3 Å². The van der Waals surface area contributed by atoms with E-state index in [4.69, 9.17) is 14.2 Å². The number of hydrogen-bond acceptors (Lipinski definition) is 4. The fraction of sp³-hybridized carbons (Fsp3) is 0.647. The molecule has 1 unspecified atom stereocenters. The Balaban J connectivity index is 1.59. The lowest BCUT2D eigenvalue weighted by molar-refractivity contribution is 0.0897. The van der Waals surface area contributed by atoms with Gasteiger partial charge in [0, 0.05) is 31.2 Å². The van der Waals surface area contributed by atoms with Crippen LogP contribution < -0.4 is 14.8 Å². The standard InChI is InChI=1S/C17H25NO3/c1-19-16-6-2-4-13(12-18-14-7-8-14)17(16)21-11-9-15-5-3-10-20-15/h2,4,6,14-15,18H,3,5,7-12H2,1H3. The summed E-state index contributed by atoms with van der Waals surface area (Å²) in [5.74, 6) is 1.70. The molecule has 4 nitrogen and oxygen atoms in total. The second-order valence-corrected chi connectivity index (χ2v) is 5.88. The van der Waals surface area contributed by atoms with E-state index < -0.39 is 0 Å². The van der Waals surface area contributed by atoms with E-state index in [0.29, 0.717) is 18.8 Å². The smallest absolute Gasteiger partial charge is 0.165 e. The van der Waals surface area contributed by atoms with Gasteiger partial charge in [0.05, 0.1) is 19.8 Å². The molecule has 2 aliphatic rings. The van der Waals surface area contributed by atoms with Crippen molar-refractivity contribution in [1.29, 1.82) is 0 Å². The van der Waals surface area contributed by atoms with Crippen LogP contribution in [0.15, 0.2) is 18.2 Å². The van der Waals surface area contributed by atoms with E-state index >= 15 is 0 Å². The van der Waals surface area contributed by atoms with Gasteiger partial charge in [0.1, 0.15) is 0 Å². The highest BCUT2D eigenvalue weighted by molar-refractivity contribution is 5.46. The Hall–Kier alpha value is -1.26. The molecule has 1 aromatic carbocycles. The maximum Gasteiger partial charge on any atom is 0.165 e. The highest BCUT2D eigenvalue weighted by Gasteiger charge is 2.21. The first kappa shape index (κ1) is 14.7. The summed E-state index contributed by atoms with van der Waals surface area (Å²) in [4.78, 5) is 0. The molecule has 1 saturated heterocycles. The molecule has 21 heavy (non-hydrogen) atoms. The second kappa shape index (κ2) is 7.14. The van der Waals surface area contributed by atoms with E-state index in [0.717, 1.165) is 37.5 Å². The molecule has 0 aromatic heterocycles. The topological polar surface area (TPSA) is 39.7 Å². The molecule has 1 aliphatic heterocycles. The molecule has 0 amide bonds. The van der Waals surface area contributed by atoms with Crippen molar-refractivity contribution in [2.75, 3.05) is 20.3 Å². The normalized spacial score (nSPS) is 21.5. The van der Waals surface area contributed by atoms with E-state index in [2.05, 4.69) is 11.4 Å². The lowest BCUT2D eigenvalue weighted by atomic mass is 10.1. The Morgan fingerprint density at radius 3 is 2.90 bits per heavy atom. The maximum atomic E-state index is 6.03. The lowest BCUT2D eigenvalue weighted by Gasteiger charge is -2.16. The predicted molar refractivity (Wildman–Crippen MR) is 81.9 cm³/mol. The first-order chi connectivity index (χ1) is 10.4. The van der Waals surface area contributed by atoms with Crippen LogP contribution in [0.1, 0.15) is 37.7 Å².